The lowest BCUT2D eigenvalue weighted by atomic mass is 10.2. The lowest BCUT2D eigenvalue weighted by Crippen LogP contribution is -2.44. The summed E-state index contributed by atoms with van der Waals surface area (Å²) in [6.45, 7) is 0. The van der Waals surface area contributed by atoms with Gasteiger partial charge in [-0.3, -0.25) is 9.59 Å². The Kier molecular flexibility index (Phi) is 8.04. The monoisotopic (exact) mass is 421 g/mol. The van der Waals surface area contributed by atoms with Crippen molar-refractivity contribution in [3.63, 3.8) is 0 Å². The Morgan fingerprint density at radius 3 is 2.25 bits per heavy atom. The summed E-state index contributed by atoms with van der Waals surface area (Å²) in [4.78, 5) is 24.4. The molecule has 0 aliphatic rings. The maximum Gasteiger partial charge on any atom is 0.251 e. The van der Waals surface area contributed by atoms with Gasteiger partial charge in [-0.25, -0.2) is 8.42 Å². The molecule has 28 heavy (non-hydrogen) atoms. The van der Waals surface area contributed by atoms with Crippen molar-refractivity contribution >= 4 is 39.3 Å². The van der Waals surface area contributed by atoms with Gasteiger partial charge in [0, 0.05) is 18.3 Å². The maximum absolute atomic E-state index is 12.7. The molecule has 0 aliphatic carbocycles. The summed E-state index contributed by atoms with van der Waals surface area (Å²) in [5.74, 6) is -0.0713. The van der Waals surface area contributed by atoms with E-state index in [0.29, 0.717) is 23.4 Å². The number of carbonyl (C=O) groups is 2. The first-order valence-electron chi connectivity index (χ1n) is 8.56. The van der Waals surface area contributed by atoms with Crippen molar-refractivity contribution in [3.05, 3.63) is 60.2 Å². The Balaban J connectivity index is 2.13. The molecule has 9 heteroatoms. The maximum atomic E-state index is 12.7. The first-order valence-corrected chi connectivity index (χ1v) is 11.4. The molecule has 0 fully saturated rings. The van der Waals surface area contributed by atoms with Crippen molar-refractivity contribution in [1.29, 1.82) is 0 Å². The SMILES string of the molecule is CNC(=O)c1ccc(NC(=O)[C@@H](CCSC)NS(=O)(=O)c2ccccc2)cc1. The number of benzene rings is 2. The van der Waals surface area contributed by atoms with Crippen LogP contribution in [-0.4, -0.2) is 45.3 Å². The Labute approximate surface area is 169 Å². The van der Waals surface area contributed by atoms with E-state index in [9.17, 15) is 18.0 Å². The molecular weight excluding hydrogens is 398 g/mol. The smallest absolute Gasteiger partial charge is 0.251 e. The van der Waals surface area contributed by atoms with Crippen LogP contribution in [-0.2, 0) is 14.8 Å². The average Bonchev–Trinajstić information content (AvgIpc) is 2.71. The van der Waals surface area contributed by atoms with E-state index in [4.69, 9.17) is 0 Å². The number of nitrogens with one attached hydrogen (secondary N) is 3. The summed E-state index contributed by atoms with van der Waals surface area (Å²) in [5, 5.41) is 5.22. The number of rotatable bonds is 9. The molecule has 0 radical (unpaired) electrons. The molecule has 0 aromatic heterocycles. The highest BCUT2D eigenvalue weighted by molar-refractivity contribution is 7.98. The molecule has 7 nitrogen and oxygen atoms in total. The second kappa shape index (κ2) is 10.3. The second-order valence-electron chi connectivity index (χ2n) is 5.91. The first-order chi connectivity index (χ1) is 13.4. The van der Waals surface area contributed by atoms with Crippen molar-refractivity contribution in [2.45, 2.75) is 17.4 Å². The molecule has 0 saturated heterocycles. The van der Waals surface area contributed by atoms with E-state index in [1.54, 1.807) is 42.5 Å². The van der Waals surface area contributed by atoms with E-state index in [2.05, 4.69) is 15.4 Å². The molecular formula is C19H23N3O4S2. The first kappa shape index (κ1) is 21.9. The van der Waals surface area contributed by atoms with E-state index < -0.39 is 22.0 Å². The van der Waals surface area contributed by atoms with Crippen LogP contribution in [0.5, 0.6) is 0 Å². The van der Waals surface area contributed by atoms with Gasteiger partial charge in [-0.15, -0.1) is 0 Å². The van der Waals surface area contributed by atoms with E-state index in [1.807, 2.05) is 6.26 Å². The quantitative estimate of drug-likeness (QED) is 0.575. The number of thioether (sulfide) groups is 1. The molecule has 0 saturated carbocycles. The normalized spacial score (nSPS) is 12.2. The highest BCUT2D eigenvalue weighted by Crippen LogP contribution is 2.14. The third kappa shape index (κ3) is 6.08. The summed E-state index contributed by atoms with van der Waals surface area (Å²) >= 11 is 1.52. The molecule has 2 aromatic carbocycles. The van der Waals surface area contributed by atoms with Crippen LogP contribution in [0.15, 0.2) is 59.5 Å². The Hall–Kier alpha value is -2.36. The second-order valence-corrected chi connectivity index (χ2v) is 8.61. The molecule has 2 aromatic rings. The molecule has 0 spiro atoms. The van der Waals surface area contributed by atoms with Gasteiger partial charge in [0.05, 0.1) is 4.90 Å². The summed E-state index contributed by atoms with van der Waals surface area (Å²) < 4.78 is 27.6. The largest absolute Gasteiger partial charge is 0.355 e. The zero-order valence-electron chi connectivity index (χ0n) is 15.6. The predicted octanol–water partition coefficient (Wildman–Crippen LogP) is 2.08. The number of amides is 2. The highest BCUT2D eigenvalue weighted by atomic mass is 32.2. The molecule has 1 atom stereocenters. The molecule has 0 heterocycles. The lowest BCUT2D eigenvalue weighted by molar-refractivity contribution is -0.117. The van der Waals surface area contributed by atoms with Gasteiger partial charge in [-0.05, 0) is 54.8 Å². The van der Waals surface area contributed by atoms with E-state index in [1.165, 1.54) is 30.9 Å². The fraction of sp³-hybridized carbons (Fsp3) is 0.263. The van der Waals surface area contributed by atoms with Gasteiger partial charge in [0.1, 0.15) is 6.04 Å². The van der Waals surface area contributed by atoms with Crippen molar-refractivity contribution in [2.24, 2.45) is 0 Å². The summed E-state index contributed by atoms with van der Waals surface area (Å²) in [6, 6.07) is 13.4. The van der Waals surface area contributed by atoms with Crippen LogP contribution < -0.4 is 15.4 Å². The third-order valence-electron chi connectivity index (χ3n) is 3.92. The Morgan fingerprint density at radius 1 is 1.04 bits per heavy atom. The van der Waals surface area contributed by atoms with Gasteiger partial charge in [-0.2, -0.15) is 16.5 Å². The van der Waals surface area contributed by atoms with Crippen molar-refractivity contribution in [3.8, 4) is 0 Å². The number of hydrogen-bond acceptors (Lipinski definition) is 5. The van der Waals surface area contributed by atoms with E-state index >= 15 is 0 Å². The topological polar surface area (TPSA) is 104 Å². The average molecular weight is 422 g/mol. The van der Waals surface area contributed by atoms with Crippen LogP contribution in [0.4, 0.5) is 5.69 Å². The number of anilines is 1. The van der Waals surface area contributed by atoms with Crippen LogP contribution in [0.3, 0.4) is 0 Å². The zero-order chi connectivity index (χ0) is 20.6. The van der Waals surface area contributed by atoms with Crippen LogP contribution >= 0.6 is 11.8 Å². The van der Waals surface area contributed by atoms with Gasteiger partial charge in [0.25, 0.3) is 5.91 Å². The summed E-state index contributed by atoms with van der Waals surface area (Å²) in [6.07, 6.45) is 2.23. The van der Waals surface area contributed by atoms with Crippen LogP contribution in [0.1, 0.15) is 16.8 Å². The Bertz CT molecular complexity index is 901. The minimum atomic E-state index is -3.82. The number of hydrogen-bond donors (Lipinski definition) is 3. The molecule has 0 unspecified atom stereocenters. The van der Waals surface area contributed by atoms with Crippen LogP contribution in [0.2, 0.25) is 0 Å². The molecule has 150 valence electrons. The van der Waals surface area contributed by atoms with E-state index in [-0.39, 0.29) is 10.8 Å². The van der Waals surface area contributed by atoms with Crippen molar-refractivity contribution < 1.29 is 18.0 Å². The molecule has 2 amide bonds. The summed E-state index contributed by atoms with van der Waals surface area (Å²) in [7, 11) is -2.29. The number of sulfonamides is 1. The minimum absolute atomic E-state index is 0.104. The van der Waals surface area contributed by atoms with Crippen LogP contribution in [0, 0.1) is 0 Å². The molecule has 0 bridgehead atoms. The fourth-order valence-electron chi connectivity index (χ4n) is 2.41. The van der Waals surface area contributed by atoms with Gasteiger partial charge in [-0.1, -0.05) is 18.2 Å². The van der Waals surface area contributed by atoms with Gasteiger partial charge < -0.3 is 10.6 Å². The van der Waals surface area contributed by atoms with Crippen molar-refractivity contribution in [1.82, 2.24) is 10.0 Å². The molecule has 3 N–H and O–H groups in total. The van der Waals surface area contributed by atoms with Crippen molar-refractivity contribution in [2.75, 3.05) is 24.4 Å². The van der Waals surface area contributed by atoms with Gasteiger partial charge in [0.2, 0.25) is 15.9 Å². The number of carbonyl (C=O) groups excluding carboxylic acids is 2. The van der Waals surface area contributed by atoms with Gasteiger partial charge >= 0.3 is 0 Å². The molecule has 2 rings (SSSR count). The molecule has 0 aliphatic heterocycles. The highest BCUT2D eigenvalue weighted by Gasteiger charge is 2.25. The van der Waals surface area contributed by atoms with E-state index in [0.717, 1.165) is 0 Å². The van der Waals surface area contributed by atoms with Gasteiger partial charge in [0.15, 0.2) is 0 Å². The standard InChI is InChI=1S/C19H23N3O4S2/c1-20-18(23)14-8-10-15(11-9-14)21-19(24)17(12-13-27-2)22-28(25,26)16-6-4-3-5-7-16/h3-11,17,22H,12-13H2,1-2H3,(H,20,23)(H,21,24)/t17-/m1/s1. The minimum Gasteiger partial charge on any atom is -0.355 e. The van der Waals surface area contributed by atoms with Crippen LogP contribution in [0.25, 0.3) is 0 Å². The Morgan fingerprint density at radius 2 is 1.68 bits per heavy atom. The predicted molar refractivity (Wildman–Crippen MR) is 112 cm³/mol. The fourth-order valence-corrected chi connectivity index (χ4v) is 4.14. The summed E-state index contributed by atoms with van der Waals surface area (Å²) in [5.41, 5.74) is 0.940. The zero-order valence-corrected chi connectivity index (χ0v) is 17.3. The lowest BCUT2D eigenvalue weighted by Gasteiger charge is -2.18. The third-order valence-corrected chi connectivity index (χ3v) is 6.05.